The number of benzene rings is 1. The molecule has 2 aromatic rings. The summed E-state index contributed by atoms with van der Waals surface area (Å²) in [5, 5.41) is 15.3. The van der Waals surface area contributed by atoms with Crippen molar-refractivity contribution in [3.8, 4) is 5.75 Å². The molecule has 1 heterocycles. The van der Waals surface area contributed by atoms with E-state index in [-0.39, 0.29) is 12.1 Å². The average molecular weight is 562 g/mol. The number of aromatic nitrogens is 2. The Balaban J connectivity index is 1.91. The predicted molar refractivity (Wildman–Crippen MR) is 126 cm³/mol. The van der Waals surface area contributed by atoms with Crippen LogP contribution in [0.2, 0.25) is 0 Å². The number of nitrogen functional groups attached to an aromatic ring is 1. The fourth-order valence-corrected chi connectivity index (χ4v) is 4.39. The Hall–Kier alpha value is -2.11. The number of nitrogens with one attached hydrogen (secondary N) is 3. The van der Waals surface area contributed by atoms with E-state index in [0.717, 1.165) is 37.7 Å². The maximum Gasteiger partial charge on any atom is 0.350 e. The summed E-state index contributed by atoms with van der Waals surface area (Å²) in [6, 6.07) is 3.71. The highest BCUT2D eigenvalue weighted by molar-refractivity contribution is 9.11. The molecule has 0 fully saturated rings. The van der Waals surface area contributed by atoms with Crippen LogP contribution in [0, 0.1) is 0 Å². The Morgan fingerprint density at radius 2 is 2.00 bits per heavy atom. The molecule has 0 bridgehead atoms. The van der Waals surface area contributed by atoms with Gasteiger partial charge in [-0.25, -0.2) is 9.97 Å². The molecule has 6 N–H and O–H groups in total. The number of H-pyrrole nitrogens is 2. The fourth-order valence-electron chi connectivity index (χ4n) is 2.88. The molecule has 0 unspecified atom stereocenters. The monoisotopic (exact) mass is 560 g/mol. The fraction of sp³-hybridized carbons (Fsp3) is 0.450. The average Bonchev–Trinajstić information content (AvgIpc) is 3.09. The Labute approximate surface area is 198 Å². The molecule has 0 saturated heterocycles. The van der Waals surface area contributed by atoms with Crippen LogP contribution >= 0.6 is 31.9 Å². The summed E-state index contributed by atoms with van der Waals surface area (Å²) in [5.74, 6) is 0.730. The molecule has 1 amide bonds. The third-order valence-corrected chi connectivity index (χ3v) is 5.59. The number of rotatable bonds is 11. The summed E-state index contributed by atoms with van der Waals surface area (Å²) in [5.41, 5.74) is 7.27. The molecular formula is C20H30Br2N6O3+2. The quantitative estimate of drug-likeness (QED) is 0.110. The van der Waals surface area contributed by atoms with Crippen molar-refractivity contribution in [1.29, 1.82) is 0 Å². The van der Waals surface area contributed by atoms with Crippen molar-refractivity contribution in [3.05, 3.63) is 38.5 Å². The molecule has 0 aliphatic heterocycles. The smallest absolute Gasteiger partial charge is 0.350 e. The zero-order chi connectivity index (χ0) is 23.0. The van der Waals surface area contributed by atoms with E-state index >= 15 is 0 Å². The predicted octanol–water partition coefficient (Wildman–Crippen LogP) is 2.14. The van der Waals surface area contributed by atoms with Gasteiger partial charge in [0.05, 0.1) is 49.4 Å². The summed E-state index contributed by atoms with van der Waals surface area (Å²) in [6.07, 6.45) is 3.40. The standard InChI is InChI=1S/C20H28Br2N6O3/c1-28(2,3)7-4-8-31-18-15(21)9-13(10-16(18)22)11-17(27-30)19(29)24-6-5-14-12-25-20(23)26-14/h9-10,12H,4-8,11H2,1-3H3,(H4-,23,24,25,26,27,29,30)/p+2. The van der Waals surface area contributed by atoms with Crippen LogP contribution in [0.5, 0.6) is 5.75 Å². The number of amides is 1. The van der Waals surface area contributed by atoms with E-state index in [1.165, 1.54) is 0 Å². The minimum Gasteiger partial charge on any atom is -0.491 e. The largest absolute Gasteiger partial charge is 0.491 e. The molecule has 0 atom stereocenters. The van der Waals surface area contributed by atoms with E-state index in [1.54, 1.807) is 6.20 Å². The maximum absolute atomic E-state index is 12.4. The third-order valence-electron chi connectivity index (χ3n) is 4.41. The van der Waals surface area contributed by atoms with E-state index in [1.807, 2.05) is 12.1 Å². The number of hydrogen-bond acceptors (Lipinski definition) is 5. The summed E-state index contributed by atoms with van der Waals surface area (Å²) < 4.78 is 8.33. The Morgan fingerprint density at radius 1 is 1.32 bits per heavy atom. The number of nitrogens with two attached hydrogens (primary N) is 1. The van der Waals surface area contributed by atoms with Crippen molar-refractivity contribution in [2.45, 2.75) is 19.3 Å². The molecule has 9 nitrogen and oxygen atoms in total. The zero-order valence-electron chi connectivity index (χ0n) is 18.0. The number of halogens is 2. The van der Waals surface area contributed by atoms with Gasteiger partial charge >= 0.3 is 5.95 Å². The van der Waals surface area contributed by atoms with Crippen LogP contribution < -0.4 is 20.8 Å². The van der Waals surface area contributed by atoms with E-state index in [2.05, 4.69) is 73.4 Å². The summed E-state index contributed by atoms with van der Waals surface area (Å²) in [6.45, 7) is 1.98. The highest BCUT2D eigenvalue weighted by atomic mass is 79.9. The number of carbonyl (C=O) groups is 1. The lowest BCUT2D eigenvalue weighted by molar-refractivity contribution is -0.870. The Kier molecular flexibility index (Phi) is 9.32. The minimum atomic E-state index is -0.432. The lowest BCUT2D eigenvalue weighted by Crippen LogP contribution is -2.36. The van der Waals surface area contributed by atoms with E-state index in [9.17, 15) is 10.0 Å². The number of imidazole rings is 1. The molecule has 0 saturated carbocycles. The van der Waals surface area contributed by atoms with Gasteiger partial charge in [0.15, 0.2) is 0 Å². The van der Waals surface area contributed by atoms with Crippen LogP contribution in [-0.4, -0.2) is 67.1 Å². The van der Waals surface area contributed by atoms with Gasteiger partial charge in [-0.1, -0.05) is 5.16 Å². The second kappa shape index (κ2) is 11.5. The number of oxime groups is 1. The first-order chi connectivity index (χ1) is 14.6. The number of quaternary nitrogens is 1. The van der Waals surface area contributed by atoms with Gasteiger partial charge < -0.3 is 19.7 Å². The van der Waals surface area contributed by atoms with Gasteiger partial charge in [-0.15, -0.1) is 0 Å². The third kappa shape index (κ3) is 8.50. The van der Waals surface area contributed by atoms with Gasteiger partial charge in [0.1, 0.15) is 17.2 Å². The number of ether oxygens (including phenoxy) is 1. The van der Waals surface area contributed by atoms with Crippen molar-refractivity contribution in [1.82, 2.24) is 10.3 Å². The summed E-state index contributed by atoms with van der Waals surface area (Å²) >= 11 is 7.06. The molecule has 0 aliphatic rings. The highest BCUT2D eigenvalue weighted by Gasteiger charge is 2.16. The van der Waals surface area contributed by atoms with Crippen molar-refractivity contribution in [3.63, 3.8) is 0 Å². The number of hydrogen-bond donors (Lipinski definition) is 4. The molecule has 170 valence electrons. The maximum atomic E-state index is 12.4. The van der Waals surface area contributed by atoms with Crippen LogP contribution in [-0.2, 0) is 17.6 Å². The van der Waals surface area contributed by atoms with Crippen LogP contribution in [0.25, 0.3) is 0 Å². The Morgan fingerprint density at radius 3 is 2.55 bits per heavy atom. The SMILES string of the molecule is C[N+](C)(C)CCCOc1c(Br)cc(CC(=NO)C(=O)NCCc2c[nH+]c(N)[nH]2)cc1Br. The van der Waals surface area contributed by atoms with Crippen molar-refractivity contribution >= 4 is 49.4 Å². The number of nitrogens with zero attached hydrogens (tertiary/aromatic N) is 2. The van der Waals surface area contributed by atoms with E-state index in [0.29, 0.717) is 31.3 Å². The molecule has 2 rings (SSSR count). The van der Waals surface area contributed by atoms with Gasteiger partial charge in [0.25, 0.3) is 5.91 Å². The first-order valence-electron chi connectivity index (χ1n) is 9.84. The second-order valence-corrected chi connectivity index (χ2v) is 9.90. The van der Waals surface area contributed by atoms with E-state index < -0.39 is 5.91 Å². The first kappa shape index (κ1) is 25.2. The lowest BCUT2D eigenvalue weighted by Gasteiger charge is -2.23. The number of carbonyl (C=O) groups excluding carboxylic acids is 1. The Bertz CT molecular complexity index is 901. The van der Waals surface area contributed by atoms with Gasteiger partial charge in [-0.05, 0) is 49.6 Å². The molecule has 0 aliphatic carbocycles. The van der Waals surface area contributed by atoms with Crippen LogP contribution in [0.1, 0.15) is 17.7 Å². The molecule has 1 aromatic carbocycles. The lowest BCUT2D eigenvalue weighted by atomic mass is 10.1. The summed E-state index contributed by atoms with van der Waals surface area (Å²) in [7, 11) is 6.43. The van der Waals surface area contributed by atoms with Crippen molar-refractivity contribution in [2.24, 2.45) is 5.16 Å². The van der Waals surface area contributed by atoms with Crippen LogP contribution in [0.4, 0.5) is 5.95 Å². The normalized spacial score (nSPS) is 12.1. The number of aromatic amines is 2. The highest BCUT2D eigenvalue weighted by Crippen LogP contribution is 2.35. The molecule has 0 radical (unpaired) electrons. The van der Waals surface area contributed by atoms with Gasteiger partial charge in [0, 0.05) is 25.8 Å². The van der Waals surface area contributed by atoms with Crippen molar-refractivity contribution < 1.29 is 24.2 Å². The van der Waals surface area contributed by atoms with Crippen molar-refractivity contribution in [2.75, 3.05) is 46.6 Å². The molecule has 31 heavy (non-hydrogen) atoms. The molecule has 11 heteroatoms. The first-order valence-corrected chi connectivity index (χ1v) is 11.4. The van der Waals surface area contributed by atoms with Gasteiger partial charge in [-0.2, -0.15) is 0 Å². The van der Waals surface area contributed by atoms with Gasteiger partial charge in [-0.3, -0.25) is 10.5 Å². The minimum absolute atomic E-state index is 0.0213. The molecule has 1 aromatic heterocycles. The second-order valence-electron chi connectivity index (χ2n) is 8.19. The van der Waals surface area contributed by atoms with Crippen LogP contribution in [0.15, 0.2) is 32.4 Å². The number of anilines is 1. The van der Waals surface area contributed by atoms with Gasteiger partial charge in [0.2, 0.25) is 0 Å². The topological polar surface area (TPSA) is 127 Å². The molecular weight excluding hydrogens is 532 g/mol. The van der Waals surface area contributed by atoms with Crippen LogP contribution in [0.3, 0.4) is 0 Å². The zero-order valence-corrected chi connectivity index (χ0v) is 21.1. The molecule has 0 spiro atoms. The van der Waals surface area contributed by atoms with E-state index in [4.69, 9.17) is 10.5 Å². The summed E-state index contributed by atoms with van der Waals surface area (Å²) in [4.78, 5) is 18.2.